The average molecular weight is 825 g/mol. The second-order valence-corrected chi connectivity index (χ2v) is 30.9. The lowest BCUT2D eigenvalue weighted by molar-refractivity contribution is 0.342. The molecular formula is C42H88Br2OSi2. The van der Waals surface area contributed by atoms with Gasteiger partial charge >= 0.3 is 0 Å². The van der Waals surface area contributed by atoms with Crippen LogP contribution in [0.5, 0.6) is 0 Å². The van der Waals surface area contributed by atoms with Crippen LogP contribution in [0.1, 0.15) is 224 Å². The SMILES string of the molecule is CC(C)[Si](O[Si](C(C)C)(C(C)C)C(C)(C)CCCCCCCCCCCCBr)(C(C)C)C(C)(C)CCCCCCCCCCCCBr. The minimum Gasteiger partial charge on any atom is -0.453 e. The van der Waals surface area contributed by atoms with Gasteiger partial charge < -0.3 is 4.12 Å². The molecule has 0 aliphatic rings. The van der Waals surface area contributed by atoms with Gasteiger partial charge in [0.1, 0.15) is 0 Å². The molecule has 0 saturated heterocycles. The summed E-state index contributed by atoms with van der Waals surface area (Å²) < 4.78 is 8.37. The van der Waals surface area contributed by atoms with Crippen molar-refractivity contribution in [2.24, 2.45) is 0 Å². The van der Waals surface area contributed by atoms with Gasteiger partial charge in [0, 0.05) is 10.7 Å². The molecule has 0 amide bonds. The predicted octanol–water partition coefficient (Wildman–Crippen LogP) is 17.5. The van der Waals surface area contributed by atoms with Crippen molar-refractivity contribution < 1.29 is 4.12 Å². The minimum atomic E-state index is -2.17. The second kappa shape index (κ2) is 26.2. The zero-order chi connectivity index (χ0) is 36.0. The molecule has 0 heterocycles. The fraction of sp³-hybridized carbons (Fsp3) is 1.00. The van der Waals surface area contributed by atoms with E-state index in [1.807, 2.05) is 0 Å². The van der Waals surface area contributed by atoms with Crippen molar-refractivity contribution in [1.82, 2.24) is 0 Å². The standard InChI is InChI=1S/C42H88Br2OSi2/c1-37(2)46(38(3)4,41(9,10)33-29-25-21-17-13-15-19-23-27-31-35-43)45-47(39(5)6,40(7)8)42(11,12)34-30-26-22-18-14-16-20-24-28-32-36-44/h37-40H,13-36H2,1-12H3. The summed E-state index contributed by atoms with van der Waals surface area (Å²) in [6, 6.07) is 0. The molecule has 1 nitrogen and oxygen atoms in total. The maximum absolute atomic E-state index is 8.37. The molecule has 0 unspecified atom stereocenters. The van der Waals surface area contributed by atoms with Crippen LogP contribution < -0.4 is 0 Å². The maximum atomic E-state index is 8.37. The molecule has 0 aliphatic heterocycles. The smallest absolute Gasteiger partial charge is 0.190 e. The second-order valence-electron chi connectivity index (χ2n) is 18.0. The Hall–Kier alpha value is 1.35. The van der Waals surface area contributed by atoms with E-state index in [1.54, 1.807) is 0 Å². The monoisotopic (exact) mass is 822 g/mol. The molecule has 0 aliphatic carbocycles. The third-order valence-corrected chi connectivity index (χ3v) is 27.7. The molecule has 0 spiro atoms. The largest absolute Gasteiger partial charge is 0.453 e. The van der Waals surface area contributed by atoms with Gasteiger partial charge in [0.05, 0.1) is 0 Å². The predicted molar refractivity (Wildman–Crippen MR) is 230 cm³/mol. The molecule has 47 heavy (non-hydrogen) atoms. The van der Waals surface area contributed by atoms with E-state index in [0.717, 1.165) is 0 Å². The van der Waals surface area contributed by atoms with E-state index in [9.17, 15) is 0 Å². The Morgan fingerprint density at radius 1 is 0.362 bits per heavy atom. The highest BCUT2D eigenvalue weighted by molar-refractivity contribution is 9.09. The number of alkyl halides is 2. The van der Waals surface area contributed by atoms with E-state index < -0.39 is 16.6 Å². The van der Waals surface area contributed by atoms with Crippen LogP contribution in [-0.4, -0.2) is 27.3 Å². The highest BCUT2D eigenvalue weighted by Gasteiger charge is 2.62. The quantitative estimate of drug-likeness (QED) is 0.0373. The first-order chi connectivity index (χ1) is 22.1. The number of hydrogen-bond acceptors (Lipinski definition) is 1. The molecule has 0 fully saturated rings. The van der Waals surface area contributed by atoms with E-state index in [-0.39, 0.29) is 10.1 Å². The molecule has 284 valence electrons. The van der Waals surface area contributed by atoms with Crippen molar-refractivity contribution in [3.05, 3.63) is 0 Å². The lowest BCUT2D eigenvalue weighted by atomic mass is 10.0. The molecule has 0 atom stereocenters. The normalized spacial score (nSPS) is 13.7. The highest BCUT2D eigenvalue weighted by Crippen LogP contribution is 2.62. The summed E-state index contributed by atoms with van der Waals surface area (Å²) in [4.78, 5) is 0. The molecule has 0 aromatic heterocycles. The van der Waals surface area contributed by atoms with Gasteiger partial charge in [-0.15, -0.1) is 0 Å². The molecule has 0 bridgehead atoms. The first-order valence-corrected chi connectivity index (χ1v) is 27.3. The van der Waals surface area contributed by atoms with Crippen LogP contribution in [0.15, 0.2) is 0 Å². The Morgan fingerprint density at radius 2 is 0.553 bits per heavy atom. The third-order valence-electron chi connectivity index (χ3n) is 12.3. The summed E-state index contributed by atoms with van der Waals surface area (Å²) >= 11 is 7.13. The highest BCUT2D eigenvalue weighted by atomic mass is 79.9. The average Bonchev–Trinajstić information content (AvgIpc) is 2.98. The molecule has 0 radical (unpaired) electrons. The van der Waals surface area contributed by atoms with Gasteiger partial charge in [0.2, 0.25) is 0 Å². The zero-order valence-corrected chi connectivity index (χ0v) is 39.6. The number of halogens is 2. The molecular weight excluding hydrogens is 736 g/mol. The molecule has 0 rings (SSSR count). The lowest BCUT2D eigenvalue weighted by Crippen LogP contribution is -2.65. The number of hydrogen-bond donors (Lipinski definition) is 0. The zero-order valence-electron chi connectivity index (χ0n) is 34.4. The van der Waals surface area contributed by atoms with E-state index in [4.69, 9.17) is 4.12 Å². The van der Waals surface area contributed by atoms with Crippen LogP contribution in [0.25, 0.3) is 0 Å². The van der Waals surface area contributed by atoms with E-state index >= 15 is 0 Å². The van der Waals surface area contributed by atoms with Crippen LogP contribution in [0.4, 0.5) is 0 Å². The van der Waals surface area contributed by atoms with Crippen LogP contribution in [0.3, 0.4) is 0 Å². The van der Waals surface area contributed by atoms with Crippen molar-refractivity contribution >= 4 is 48.5 Å². The Bertz CT molecular complexity index is 658. The summed E-state index contributed by atoms with van der Waals surface area (Å²) in [5.41, 5.74) is 2.51. The summed E-state index contributed by atoms with van der Waals surface area (Å²) in [7, 11) is -4.34. The van der Waals surface area contributed by atoms with Gasteiger partial charge in [-0.05, 0) is 57.9 Å². The Morgan fingerprint density at radius 3 is 0.745 bits per heavy atom. The summed E-state index contributed by atoms with van der Waals surface area (Å²) in [5.74, 6) is 0. The van der Waals surface area contributed by atoms with Crippen LogP contribution >= 0.6 is 31.9 Å². The summed E-state index contributed by atoms with van der Waals surface area (Å²) in [6.45, 7) is 30.9. The Labute approximate surface area is 318 Å². The fourth-order valence-electron chi connectivity index (χ4n) is 10.0. The van der Waals surface area contributed by atoms with Crippen molar-refractivity contribution in [2.45, 2.75) is 257 Å². The molecule has 5 heteroatoms. The van der Waals surface area contributed by atoms with Crippen molar-refractivity contribution in [1.29, 1.82) is 0 Å². The van der Waals surface area contributed by atoms with Crippen molar-refractivity contribution in [3.8, 4) is 0 Å². The lowest BCUT2D eigenvalue weighted by Gasteiger charge is -2.61. The Balaban J connectivity index is 5.50. The molecule has 0 aromatic rings. The van der Waals surface area contributed by atoms with Crippen LogP contribution in [-0.2, 0) is 4.12 Å². The topological polar surface area (TPSA) is 9.23 Å². The van der Waals surface area contributed by atoms with Gasteiger partial charge in [-0.2, -0.15) is 0 Å². The number of rotatable bonds is 32. The Kier molecular flexibility index (Phi) is 26.9. The molecule has 0 saturated carbocycles. The van der Waals surface area contributed by atoms with Crippen LogP contribution in [0, 0.1) is 0 Å². The first kappa shape index (κ1) is 48.4. The van der Waals surface area contributed by atoms with Crippen LogP contribution in [0.2, 0.25) is 32.2 Å². The maximum Gasteiger partial charge on any atom is 0.190 e. The summed E-state index contributed by atoms with van der Waals surface area (Å²) in [6.07, 6.45) is 30.8. The molecule has 0 aromatic carbocycles. The van der Waals surface area contributed by atoms with Gasteiger partial charge in [0.25, 0.3) is 0 Å². The summed E-state index contributed by atoms with van der Waals surface area (Å²) in [5, 5.41) is 2.88. The van der Waals surface area contributed by atoms with E-state index in [2.05, 4.69) is 115 Å². The molecule has 0 N–H and O–H groups in total. The van der Waals surface area contributed by atoms with Gasteiger partial charge in [-0.3, -0.25) is 0 Å². The third kappa shape index (κ3) is 16.3. The van der Waals surface area contributed by atoms with Gasteiger partial charge in [0.15, 0.2) is 16.6 Å². The van der Waals surface area contributed by atoms with Gasteiger partial charge in [-0.1, -0.05) is 231 Å². The van der Waals surface area contributed by atoms with E-state index in [1.165, 1.54) is 152 Å². The van der Waals surface area contributed by atoms with Crippen molar-refractivity contribution in [2.75, 3.05) is 10.7 Å². The fourth-order valence-corrected chi connectivity index (χ4v) is 29.1. The van der Waals surface area contributed by atoms with E-state index in [0.29, 0.717) is 22.2 Å². The van der Waals surface area contributed by atoms with Crippen molar-refractivity contribution in [3.63, 3.8) is 0 Å². The minimum absolute atomic E-state index is 0.275. The van der Waals surface area contributed by atoms with Gasteiger partial charge in [-0.25, -0.2) is 0 Å². The number of unbranched alkanes of at least 4 members (excludes halogenated alkanes) is 18. The first-order valence-electron chi connectivity index (χ1n) is 20.9.